The van der Waals surface area contributed by atoms with Gasteiger partial charge in [-0.15, -0.1) is 12.8 Å². The summed E-state index contributed by atoms with van der Waals surface area (Å²) in [5.41, 5.74) is 0. The molecule has 0 unspecified atom stereocenters. The Morgan fingerprint density at radius 2 is 1.38 bits per heavy atom. The Hall–Kier alpha value is -3.32. The first kappa shape index (κ1) is 15.7. The number of carbonyl (C=O) groups excluding carboxylic acids is 2. The molecule has 0 radical (unpaired) electrons. The Labute approximate surface area is 120 Å². The lowest BCUT2D eigenvalue weighted by Gasteiger charge is -2.07. The molecule has 0 aliphatic heterocycles. The van der Waals surface area contributed by atoms with Crippen LogP contribution in [-0.2, 0) is 9.47 Å². The van der Waals surface area contributed by atoms with Crippen molar-refractivity contribution >= 4 is 12.3 Å². The minimum atomic E-state index is -1.07. The van der Waals surface area contributed by atoms with Crippen LogP contribution in [0.3, 0.4) is 0 Å². The summed E-state index contributed by atoms with van der Waals surface area (Å²) >= 11 is 0. The summed E-state index contributed by atoms with van der Waals surface area (Å²) in [4.78, 5) is 22.4. The van der Waals surface area contributed by atoms with Gasteiger partial charge in [0.2, 0.25) is 0 Å². The Morgan fingerprint density at radius 1 is 0.952 bits per heavy atom. The molecule has 7 nitrogen and oxygen atoms in total. The molecule has 0 heterocycles. The van der Waals surface area contributed by atoms with E-state index in [-0.39, 0.29) is 30.5 Å². The fraction of sp³-hybridized carbons (Fsp3) is 0.143. The fourth-order valence-electron chi connectivity index (χ4n) is 1.13. The molecule has 7 heteroatoms. The molecule has 0 aliphatic carbocycles. The van der Waals surface area contributed by atoms with Crippen LogP contribution >= 0.6 is 0 Å². The molecular weight excluding hydrogens is 280 g/mol. The predicted molar refractivity (Wildman–Crippen MR) is 69.7 cm³/mol. The Balaban J connectivity index is 2.71. The molecule has 108 valence electrons. The lowest BCUT2D eigenvalue weighted by Crippen LogP contribution is -2.12. The summed E-state index contributed by atoms with van der Waals surface area (Å²) in [6, 6.07) is 3.38. The van der Waals surface area contributed by atoms with Crippen LogP contribution in [0.1, 0.15) is 0 Å². The minimum Gasteiger partial charge on any atom is -0.508 e. The molecule has 0 bridgehead atoms. The van der Waals surface area contributed by atoms with E-state index in [9.17, 15) is 14.7 Å². The second kappa shape index (κ2) is 7.97. The molecule has 0 spiro atoms. The number of benzene rings is 1. The SMILES string of the molecule is C#CCOC(=O)Oc1cc(O)cc(OC(=O)OCC#C)c1. The van der Waals surface area contributed by atoms with Crippen LogP contribution in [0, 0.1) is 24.7 Å². The highest BCUT2D eigenvalue weighted by molar-refractivity contribution is 5.67. The highest BCUT2D eigenvalue weighted by Gasteiger charge is 2.11. The van der Waals surface area contributed by atoms with Crippen molar-refractivity contribution in [1.29, 1.82) is 0 Å². The maximum atomic E-state index is 11.2. The molecule has 0 aromatic heterocycles. The third kappa shape index (κ3) is 5.90. The van der Waals surface area contributed by atoms with Gasteiger partial charge in [0.05, 0.1) is 0 Å². The summed E-state index contributed by atoms with van der Waals surface area (Å²) in [6.07, 6.45) is 7.67. The van der Waals surface area contributed by atoms with Crippen molar-refractivity contribution in [3.05, 3.63) is 18.2 Å². The van der Waals surface area contributed by atoms with E-state index >= 15 is 0 Å². The lowest BCUT2D eigenvalue weighted by molar-refractivity contribution is 0.109. The Kier molecular flexibility index (Phi) is 5.97. The van der Waals surface area contributed by atoms with Crippen LogP contribution in [-0.4, -0.2) is 30.6 Å². The summed E-state index contributed by atoms with van der Waals surface area (Å²) in [5, 5.41) is 9.44. The third-order valence-corrected chi connectivity index (χ3v) is 1.81. The highest BCUT2D eigenvalue weighted by Crippen LogP contribution is 2.27. The molecule has 0 fully saturated rings. The monoisotopic (exact) mass is 290 g/mol. The van der Waals surface area contributed by atoms with Gasteiger partial charge >= 0.3 is 12.3 Å². The molecule has 21 heavy (non-hydrogen) atoms. The normalized spacial score (nSPS) is 8.86. The molecule has 1 rings (SSSR count). The maximum absolute atomic E-state index is 11.2. The number of ether oxygens (including phenoxy) is 4. The number of hydrogen-bond acceptors (Lipinski definition) is 7. The topological polar surface area (TPSA) is 91.3 Å². The Morgan fingerprint density at radius 3 is 1.76 bits per heavy atom. The van der Waals surface area contributed by atoms with Gasteiger partial charge in [-0.25, -0.2) is 9.59 Å². The quantitative estimate of drug-likeness (QED) is 0.512. The molecule has 0 atom stereocenters. The zero-order valence-electron chi connectivity index (χ0n) is 10.7. The van der Waals surface area contributed by atoms with Gasteiger partial charge in [0.15, 0.2) is 13.2 Å². The van der Waals surface area contributed by atoms with Crippen molar-refractivity contribution in [2.75, 3.05) is 13.2 Å². The van der Waals surface area contributed by atoms with Crippen LogP contribution in [0.2, 0.25) is 0 Å². The van der Waals surface area contributed by atoms with E-state index in [1.165, 1.54) is 0 Å². The zero-order chi connectivity index (χ0) is 15.7. The number of phenolic OH excluding ortho intramolecular Hbond substituents is 1. The van der Waals surface area contributed by atoms with E-state index in [4.69, 9.17) is 22.3 Å². The van der Waals surface area contributed by atoms with Crippen molar-refractivity contribution in [3.8, 4) is 41.9 Å². The van der Waals surface area contributed by atoms with Crippen molar-refractivity contribution in [2.45, 2.75) is 0 Å². The maximum Gasteiger partial charge on any atom is 0.514 e. The number of hydrogen-bond donors (Lipinski definition) is 1. The second-order valence-electron chi connectivity index (χ2n) is 3.35. The largest absolute Gasteiger partial charge is 0.514 e. The van der Waals surface area contributed by atoms with Gasteiger partial charge in [-0.05, 0) is 0 Å². The first-order chi connectivity index (χ1) is 10.0. The first-order valence-electron chi connectivity index (χ1n) is 5.45. The third-order valence-electron chi connectivity index (χ3n) is 1.81. The standard InChI is InChI=1S/C14H10O7/c1-3-5-18-13(16)20-11-7-10(15)8-12(9-11)21-14(17)19-6-4-2/h1-2,7-9,15H,5-6H2. The summed E-state index contributed by atoms with van der Waals surface area (Å²) < 4.78 is 18.4. The minimum absolute atomic E-state index is 0.114. The van der Waals surface area contributed by atoms with Gasteiger partial charge < -0.3 is 24.1 Å². The number of carbonyl (C=O) groups is 2. The van der Waals surface area contributed by atoms with Gasteiger partial charge in [-0.1, -0.05) is 11.8 Å². The average molecular weight is 290 g/mol. The predicted octanol–water partition coefficient (Wildman–Crippen LogP) is 1.69. The molecule has 1 aromatic carbocycles. The van der Waals surface area contributed by atoms with Crippen LogP contribution in [0.5, 0.6) is 17.2 Å². The van der Waals surface area contributed by atoms with Crippen molar-refractivity contribution in [1.82, 2.24) is 0 Å². The molecule has 1 N–H and O–H groups in total. The molecule has 0 aliphatic rings. The van der Waals surface area contributed by atoms with E-state index in [1.807, 2.05) is 0 Å². The van der Waals surface area contributed by atoms with Gasteiger partial charge in [-0.3, -0.25) is 0 Å². The van der Waals surface area contributed by atoms with Crippen molar-refractivity contribution in [3.63, 3.8) is 0 Å². The van der Waals surface area contributed by atoms with Crippen molar-refractivity contribution in [2.24, 2.45) is 0 Å². The van der Waals surface area contributed by atoms with E-state index in [0.29, 0.717) is 0 Å². The number of aromatic hydroxyl groups is 1. The second-order valence-corrected chi connectivity index (χ2v) is 3.35. The average Bonchev–Trinajstić information content (AvgIpc) is 2.42. The molecule has 1 aromatic rings. The summed E-state index contributed by atoms with van der Waals surface area (Å²) in [7, 11) is 0. The van der Waals surface area contributed by atoms with Crippen LogP contribution < -0.4 is 9.47 Å². The van der Waals surface area contributed by atoms with Crippen LogP contribution in [0.4, 0.5) is 9.59 Å². The molecule has 0 amide bonds. The van der Waals surface area contributed by atoms with Gasteiger partial charge in [-0.2, -0.15) is 0 Å². The van der Waals surface area contributed by atoms with Gasteiger partial charge in [0, 0.05) is 18.2 Å². The fourth-order valence-corrected chi connectivity index (χ4v) is 1.13. The highest BCUT2D eigenvalue weighted by atomic mass is 16.7. The van der Waals surface area contributed by atoms with Crippen molar-refractivity contribution < 1.29 is 33.6 Å². The molecular formula is C14H10O7. The molecule has 0 saturated heterocycles. The van der Waals surface area contributed by atoms with E-state index < -0.39 is 12.3 Å². The number of rotatable bonds is 4. The number of phenols is 1. The summed E-state index contributed by atoms with van der Waals surface area (Å²) in [5.74, 6) is 3.62. The summed E-state index contributed by atoms with van der Waals surface area (Å²) in [6.45, 7) is -0.529. The zero-order valence-corrected chi connectivity index (χ0v) is 10.7. The van der Waals surface area contributed by atoms with E-state index in [0.717, 1.165) is 18.2 Å². The van der Waals surface area contributed by atoms with E-state index in [1.54, 1.807) is 0 Å². The van der Waals surface area contributed by atoms with Gasteiger partial charge in [0.25, 0.3) is 0 Å². The lowest BCUT2D eigenvalue weighted by atomic mass is 10.3. The molecule has 0 saturated carbocycles. The Bertz CT molecular complexity index is 556. The smallest absolute Gasteiger partial charge is 0.508 e. The van der Waals surface area contributed by atoms with Crippen LogP contribution in [0.25, 0.3) is 0 Å². The first-order valence-corrected chi connectivity index (χ1v) is 5.45. The van der Waals surface area contributed by atoms with E-state index in [2.05, 4.69) is 21.3 Å². The van der Waals surface area contributed by atoms with Gasteiger partial charge in [0.1, 0.15) is 17.2 Å². The number of terminal acetylenes is 2. The van der Waals surface area contributed by atoms with Crippen LogP contribution in [0.15, 0.2) is 18.2 Å².